The van der Waals surface area contributed by atoms with Crippen LogP contribution in [0.25, 0.3) is 0 Å². The third kappa shape index (κ3) is 8.34. The number of nitrogens with zero attached hydrogens (tertiary/aromatic N) is 2. The Balaban J connectivity index is 1.98. The predicted octanol–water partition coefficient (Wildman–Crippen LogP) is 5.84. The maximum Gasteiger partial charge on any atom is 0.311 e. The lowest BCUT2D eigenvalue weighted by molar-refractivity contribution is -0.385. The Kier molecular flexibility index (Phi) is 10.4. The first-order valence-electron chi connectivity index (χ1n) is 12.4. The molecule has 0 aliphatic rings. The fraction of sp³-hybridized carbons (Fsp3) is 0.310. The van der Waals surface area contributed by atoms with Crippen LogP contribution in [0.15, 0.2) is 66.7 Å². The topological polar surface area (TPSA) is 111 Å². The molecule has 3 rings (SSSR count). The smallest absolute Gasteiger partial charge is 0.311 e. The molecule has 3 aromatic carbocycles. The molecule has 0 aliphatic heterocycles. The van der Waals surface area contributed by atoms with Gasteiger partial charge in [0.15, 0.2) is 6.61 Å². The second kappa shape index (κ2) is 13.5. The Morgan fingerprint density at radius 3 is 2.25 bits per heavy atom. The van der Waals surface area contributed by atoms with E-state index in [-0.39, 0.29) is 36.1 Å². The van der Waals surface area contributed by atoms with Crippen LogP contribution in [-0.4, -0.2) is 46.9 Å². The third-order valence-electron chi connectivity index (χ3n) is 5.87. The van der Waals surface area contributed by atoms with E-state index >= 15 is 0 Å². The van der Waals surface area contributed by atoms with Gasteiger partial charge in [0, 0.05) is 46.2 Å². The lowest BCUT2D eigenvalue weighted by Gasteiger charge is -2.34. The number of methoxy groups -OCH3 is 1. The zero-order chi connectivity index (χ0) is 29.4. The first-order chi connectivity index (χ1) is 18.9. The van der Waals surface area contributed by atoms with Crippen molar-refractivity contribution < 1.29 is 24.0 Å². The van der Waals surface area contributed by atoms with Crippen LogP contribution in [0.4, 0.5) is 5.69 Å². The molecule has 11 heteroatoms. The van der Waals surface area contributed by atoms with Crippen LogP contribution in [0.5, 0.6) is 11.5 Å². The minimum absolute atomic E-state index is 0.0128. The van der Waals surface area contributed by atoms with Gasteiger partial charge in [-0.15, -0.1) is 0 Å². The highest BCUT2D eigenvalue weighted by Crippen LogP contribution is 2.31. The van der Waals surface area contributed by atoms with Gasteiger partial charge in [-0.05, 0) is 44.5 Å². The third-order valence-corrected chi connectivity index (χ3v) is 6.58. The number of carbonyl (C=O) groups excluding carboxylic acids is 2. The van der Waals surface area contributed by atoms with Crippen LogP contribution < -0.4 is 14.8 Å². The van der Waals surface area contributed by atoms with E-state index in [2.05, 4.69) is 5.32 Å². The fourth-order valence-electron chi connectivity index (χ4n) is 3.99. The molecule has 40 heavy (non-hydrogen) atoms. The zero-order valence-electron chi connectivity index (χ0n) is 22.6. The van der Waals surface area contributed by atoms with Gasteiger partial charge in [0.1, 0.15) is 11.8 Å². The average Bonchev–Trinajstić information content (AvgIpc) is 2.90. The first kappa shape index (κ1) is 30.7. The summed E-state index contributed by atoms with van der Waals surface area (Å²) in [6.45, 7) is 5.04. The summed E-state index contributed by atoms with van der Waals surface area (Å²) >= 11 is 12.9. The van der Waals surface area contributed by atoms with Crippen molar-refractivity contribution in [2.24, 2.45) is 0 Å². The van der Waals surface area contributed by atoms with E-state index in [0.717, 1.165) is 5.56 Å². The lowest BCUT2D eigenvalue weighted by Crippen LogP contribution is -2.55. The van der Waals surface area contributed by atoms with Crippen LogP contribution in [-0.2, 0) is 22.6 Å². The molecule has 9 nitrogen and oxygen atoms in total. The molecule has 0 aliphatic carbocycles. The molecule has 0 radical (unpaired) electrons. The normalized spacial score (nSPS) is 11.8. The van der Waals surface area contributed by atoms with Crippen LogP contribution in [0.3, 0.4) is 0 Å². The molecular formula is C29H31Cl2N3O6. The van der Waals surface area contributed by atoms with Gasteiger partial charge in [-0.25, -0.2) is 0 Å². The zero-order valence-corrected chi connectivity index (χ0v) is 24.2. The van der Waals surface area contributed by atoms with E-state index in [1.807, 2.05) is 51.1 Å². The molecule has 0 aromatic heterocycles. The Labute approximate surface area is 243 Å². The first-order valence-corrected chi connectivity index (χ1v) is 13.2. The van der Waals surface area contributed by atoms with Crippen molar-refractivity contribution in [1.29, 1.82) is 0 Å². The highest BCUT2D eigenvalue weighted by Gasteiger charge is 2.33. The summed E-state index contributed by atoms with van der Waals surface area (Å²) in [7, 11) is 1.30. The largest absolute Gasteiger partial charge is 0.490 e. The fourth-order valence-corrected chi connectivity index (χ4v) is 4.50. The molecule has 2 amide bonds. The number of carbonyl (C=O) groups is 2. The van der Waals surface area contributed by atoms with Gasteiger partial charge in [0.25, 0.3) is 5.91 Å². The number of ether oxygens (including phenoxy) is 2. The average molecular weight is 588 g/mol. The monoisotopic (exact) mass is 587 g/mol. The number of nitrogens with one attached hydrogen (secondary N) is 1. The molecule has 212 valence electrons. The van der Waals surface area contributed by atoms with Crippen LogP contribution in [0.1, 0.15) is 31.9 Å². The number of rotatable bonds is 11. The van der Waals surface area contributed by atoms with Gasteiger partial charge < -0.3 is 19.7 Å². The molecule has 0 saturated carbocycles. The minimum Gasteiger partial charge on any atom is -0.490 e. The summed E-state index contributed by atoms with van der Waals surface area (Å²) < 4.78 is 10.8. The van der Waals surface area contributed by atoms with Gasteiger partial charge >= 0.3 is 5.69 Å². The van der Waals surface area contributed by atoms with Crippen molar-refractivity contribution in [2.45, 2.75) is 45.3 Å². The SMILES string of the molecule is COc1cc(OCC(=O)N(Cc2c(Cl)cccc2Cl)[C@@H](Cc2ccccc2)C(=O)NC(C)(C)C)ccc1[N+](=O)[O-]. The summed E-state index contributed by atoms with van der Waals surface area (Å²) in [6.07, 6.45) is 0.224. The summed E-state index contributed by atoms with van der Waals surface area (Å²) in [4.78, 5) is 39.4. The molecule has 1 N–H and O–H groups in total. The Hall–Kier alpha value is -3.82. The highest BCUT2D eigenvalue weighted by atomic mass is 35.5. The minimum atomic E-state index is -0.934. The second-order valence-corrected chi connectivity index (χ2v) is 10.9. The van der Waals surface area contributed by atoms with E-state index in [1.54, 1.807) is 18.2 Å². The molecule has 1 atom stereocenters. The van der Waals surface area contributed by atoms with Gasteiger partial charge in [-0.2, -0.15) is 0 Å². The molecule has 0 spiro atoms. The molecule has 0 unspecified atom stereocenters. The number of nitro groups is 1. The van der Waals surface area contributed by atoms with Crippen molar-refractivity contribution in [3.05, 3.63) is 98.0 Å². The number of nitro benzene ring substituents is 1. The van der Waals surface area contributed by atoms with Gasteiger partial charge in [-0.3, -0.25) is 19.7 Å². The Morgan fingerprint density at radius 1 is 1.02 bits per heavy atom. The van der Waals surface area contributed by atoms with Gasteiger partial charge in [-0.1, -0.05) is 59.6 Å². The maximum absolute atomic E-state index is 13.8. The number of amides is 2. The van der Waals surface area contributed by atoms with Crippen molar-refractivity contribution >= 4 is 40.7 Å². The van der Waals surface area contributed by atoms with Crippen molar-refractivity contribution in [3.63, 3.8) is 0 Å². The molecule has 0 fully saturated rings. The van der Waals surface area contributed by atoms with Crippen molar-refractivity contribution in [1.82, 2.24) is 10.2 Å². The number of hydrogen-bond acceptors (Lipinski definition) is 6. The number of halogens is 2. The van der Waals surface area contributed by atoms with Crippen molar-refractivity contribution in [2.75, 3.05) is 13.7 Å². The van der Waals surface area contributed by atoms with E-state index in [9.17, 15) is 19.7 Å². The summed E-state index contributed by atoms with van der Waals surface area (Å²) in [5.41, 5.74) is 0.533. The molecule has 0 saturated heterocycles. The lowest BCUT2D eigenvalue weighted by atomic mass is 10.0. The standard InChI is InChI=1S/C29H31Cl2N3O6/c1-29(2,3)32-28(36)25(15-19-9-6-5-7-10-19)33(17-21-22(30)11-8-12-23(21)31)27(35)18-40-20-13-14-24(34(37)38)26(16-20)39-4/h5-14,16,25H,15,17-18H2,1-4H3,(H,32,36)/t25-/m0/s1. The van der Waals surface area contributed by atoms with Gasteiger partial charge in [0.2, 0.25) is 11.7 Å². The van der Waals surface area contributed by atoms with E-state index in [0.29, 0.717) is 15.6 Å². The van der Waals surface area contributed by atoms with Crippen LogP contribution in [0.2, 0.25) is 10.0 Å². The number of hydrogen-bond donors (Lipinski definition) is 1. The van der Waals surface area contributed by atoms with E-state index in [1.165, 1.54) is 30.2 Å². The summed E-state index contributed by atoms with van der Waals surface area (Å²) in [6, 6.07) is 17.3. The van der Waals surface area contributed by atoms with Crippen LogP contribution in [0, 0.1) is 10.1 Å². The Morgan fingerprint density at radius 2 is 1.68 bits per heavy atom. The molecule has 0 heterocycles. The summed E-state index contributed by atoms with van der Waals surface area (Å²) in [5.74, 6) is -0.699. The molecular weight excluding hydrogens is 557 g/mol. The number of benzene rings is 3. The van der Waals surface area contributed by atoms with E-state index < -0.39 is 29.0 Å². The van der Waals surface area contributed by atoms with E-state index in [4.69, 9.17) is 32.7 Å². The molecule has 0 bridgehead atoms. The highest BCUT2D eigenvalue weighted by molar-refractivity contribution is 6.36. The summed E-state index contributed by atoms with van der Waals surface area (Å²) in [5, 5.41) is 14.9. The Bertz CT molecular complexity index is 1340. The second-order valence-electron chi connectivity index (χ2n) is 10.0. The van der Waals surface area contributed by atoms with Crippen LogP contribution >= 0.6 is 23.2 Å². The van der Waals surface area contributed by atoms with Crippen molar-refractivity contribution in [3.8, 4) is 11.5 Å². The quantitative estimate of drug-likeness (QED) is 0.223. The van der Waals surface area contributed by atoms with Gasteiger partial charge in [0.05, 0.1) is 12.0 Å². The maximum atomic E-state index is 13.8. The predicted molar refractivity (Wildman–Crippen MR) is 154 cm³/mol. The molecule has 3 aromatic rings.